The summed E-state index contributed by atoms with van der Waals surface area (Å²) in [7, 11) is 0. The maximum Gasteiger partial charge on any atom is 0.339 e. The molecule has 230 valence electrons. The summed E-state index contributed by atoms with van der Waals surface area (Å²) >= 11 is 0. The lowest BCUT2D eigenvalue weighted by Crippen LogP contribution is -2.65. The lowest BCUT2D eigenvalue weighted by Gasteiger charge is -2.41. The summed E-state index contributed by atoms with van der Waals surface area (Å²) in [6.45, 7) is 2.63. The van der Waals surface area contributed by atoms with E-state index in [1.54, 1.807) is 28.5 Å². The van der Waals surface area contributed by atoms with E-state index in [0.29, 0.717) is 30.7 Å². The quantitative estimate of drug-likeness (QED) is 0.145. The van der Waals surface area contributed by atoms with Gasteiger partial charge in [0, 0.05) is 6.54 Å². The molecule has 0 spiro atoms. The third-order valence-electron chi connectivity index (χ3n) is 8.39. The zero-order valence-electron chi connectivity index (χ0n) is 24.9. The number of nitrogens with one attached hydrogen (secondary N) is 2. The van der Waals surface area contributed by atoms with E-state index in [1.165, 1.54) is 18.6 Å². The van der Waals surface area contributed by atoms with Gasteiger partial charge in [-0.25, -0.2) is 14.7 Å². The van der Waals surface area contributed by atoms with Crippen LogP contribution in [0, 0.1) is 5.82 Å². The largest absolute Gasteiger partial charge is 0.405 e. The normalized spacial score (nSPS) is 19.9. The van der Waals surface area contributed by atoms with Crippen LogP contribution in [-0.4, -0.2) is 50.1 Å². The van der Waals surface area contributed by atoms with Gasteiger partial charge in [0.25, 0.3) is 0 Å². The van der Waals surface area contributed by atoms with Crippen molar-refractivity contribution in [1.82, 2.24) is 30.7 Å². The first kappa shape index (κ1) is 29.6. The van der Waals surface area contributed by atoms with Crippen LogP contribution in [0.3, 0.4) is 0 Å². The summed E-state index contributed by atoms with van der Waals surface area (Å²) in [5.74, 6) is -0.409. The zero-order chi connectivity index (χ0) is 30.4. The number of carbonyl (C=O) groups excluding carboxylic acids is 1. The van der Waals surface area contributed by atoms with Gasteiger partial charge in [0.15, 0.2) is 5.54 Å². The van der Waals surface area contributed by atoms with Crippen molar-refractivity contribution < 1.29 is 18.8 Å². The van der Waals surface area contributed by atoms with Crippen LogP contribution < -0.4 is 20.6 Å². The number of carbonyl (C=O) groups is 1. The summed E-state index contributed by atoms with van der Waals surface area (Å²) in [5, 5.41) is 7.63. The van der Waals surface area contributed by atoms with Gasteiger partial charge in [0.2, 0.25) is 0 Å². The maximum absolute atomic E-state index is 14.8. The van der Waals surface area contributed by atoms with E-state index in [-0.39, 0.29) is 17.9 Å². The first-order valence-electron chi connectivity index (χ1n) is 15.4. The van der Waals surface area contributed by atoms with E-state index in [4.69, 9.17) is 14.6 Å². The number of aromatic nitrogens is 2. The Kier molecular flexibility index (Phi) is 9.04. The molecule has 10 nitrogen and oxygen atoms in total. The molecule has 0 aliphatic carbocycles. The van der Waals surface area contributed by atoms with Crippen LogP contribution in [0.2, 0.25) is 0 Å². The predicted molar refractivity (Wildman–Crippen MR) is 166 cm³/mol. The van der Waals surface area contributed by atoms with Gasteiger partial charge in [-0.3, -0.25) is 9.58 Å². The average Bonchev–Trinajstić information content (AvgIpc) is 3.78. The highest BCUT2D eigenvalue weighted by Gasteiger charge is 2.60. The number of hydrazone groups is 1. The SMILES string of the molecule is CCCCCCCC[C@@]1(C(=O)Oc2nc3ccccc3n2-c2ccccc2)C(N2C=NNN2)CCN1Oc1ccc(F)cc1. The lowest BCUT2D eigenvalue weighted by atomic mass is 9.85. The number of imidazole rings is 1. The minimum atomic E-state index is -1.25. The molecular formula is C33H38FN7O3. The van der Waals surface area contributed by atoms with E-state index >= 15 is 0 Å². The Labute approximate surface area is 256 Å². The second-order valence-electron chi connectivity index (χ2n) is 11.2. The molecule has 0 saturated carbocycles. The van der Waals surface area contributed by atoms with Crippen molar-refractivity contribution in [2.24, 2.45) is 5.10 Å². The van der Waals surface area contributed by atoms with E-state index in [1.807, 2.05) is 59.2 Å². The van der Waals surface area contributed by atoms with Gasteiger partial charge in [-0.15, -0.1) is 10.6 Å². The summed E-state index contributed by atoms with van der Waals surface area (Å²) in [5.41, 5.74) is 6.92. The molecule has 1 aromatic heterocycles. The van der Waals surface area contributed by atoms with Crippen LogP contribution in [0.15, 0.2) is 84.0 Å². The summed E-state index contributed by atoms with van der Waals surface area (Å²) in [6, 6.07) is 23.0. The van der Waals surface area contributed by atoms with Crippen LogP contribution >= 0.6 is 0 Å². The fourth-order valence-corrected chi connectivity index (χ4v) is 6.20. The number of esters is 1. The number of rotatable bonds is 13. The number of unbranched alkanes of at least 4 members (excludes halogenated alkanes) is 5. The van der Waals surface area contributed by atoms with E-state index in [2.05, 4.69) is 23.1 Å². The van der Waals surface area contributed by atoms with Crippen LogP contribution in [-0.2, 0) is 4.79 Å². The molecule has 1 saturated heterocycles. The number of para-hydroxylation sites is 3. The molecule has 44 heavy (non-hydrogen) atoms. The summed E-state index contributed by atoms with van der Waals surface area (Å²) in [4.78, 5) is 25.9. The fourth-order valence-electron chi connectivity index (χ4n) is 6.20. The van der Waals surface area contributed by atoms with E-state index in [9.17, 15) is 9.18 Å². The van der Waals surface area contributed by atoms with Gasteiger partial charge >= 0.3 is 12.0 Å². The molecule has 4 aromatic rings. The van der Waals surface area contributed by atoms with Crippen molar-refractivity contribution in [2.75, 3.05) is 6.54 Å². The second kappa shape index (κ2) is 13.4. The topological polar surface area (TPSA) is 96.2 Å². The number of hydrogen-bond donors (Lipinski definition) is 2. The fraction of sp³-hybridized carbons (Fsp3) is 0.364. The molecule has 2 N–H and O–H groups in total. The van der Waals surface area contributed by atoms with Crippen molar-refractivity contribution in [3.8, 4) is 17.4 Å². The molecule has 6 rings (SSSR count). The Morgan fingerprint density at radius 3 is 2.50 bits per heavy atom. The van der Waals surface area contributed by atoms with Crippen LogP contribution in [0.5, 0.6) is 11.8 Å². The Bertz CT molecular complexity index is 1580. The number of hydrogen-bond acceptors (Lipinski definition) is 9. The number of benzene rings is 3. The standard InChI is InChI=1S/C33H38FN7O3/c1-2-3-4-5-6-12-22-33(30(39-24-35-37-38-39)21-23-40(33)44-27-19-17-25(34)18-20-27)31(42)43-32-36-28-15-10-11-16-29(28)41(32)26-13-8-7-9-14-26/h7-11,13-20,24,30,37-38H,2-6,12,21-23H2,1H3/t30?,33-/m0/s1. The Hall–Kier alpha value is -4.48. The summed E-state index contributed by atoms with van der Waals surface area (Å²) in [6.07, 6.45) is 9.02. The van der Waals surface area contributed by atoms with Crippen molar-refractivity contribution in [1.29, 1.82) is 0 Å². The molecule has 2 aliphatic heterocycles. The molecule has 3 heterocycles. The lowest BCUT2D eigenvalue weighted by molar-refractivity contribution is -0.179. The molecule has 0 bridgehead atoms. The first-order valence-corrected chi connectivity index (χ1v) is 15.4. The Morgan fingerprint density at radius 2 is 1.73 bits per heavy atom. The van der Waals surface area contributed by atoms with Crippen LogP contribution in [0.25, 0.3) is 16.7 Å². The number of ether oxygens (including phenoxy) is 1. The van der Waals surface area contributed by atoms with Crippen molar-refractivity contribution in [3.05, 3.63) is 84.7 Å². The highest BCUT2D eigenvalue weighted by molar-refractivity contribution is 5.86. The van der Waals surface area contributed by atoms with Gasteiger partial charge in [-0.05, 0) is 61.4 Å². The number of halogens is 1. The van der Waals surface area contributed by atoms with Crippen LogP contribution in [0.4, 0.5) is 4.39 Å². The summed E-state index contributed by atoms with van der Waals surface area (Å²) < 4.78 is 22.0. The molecule has 1 unspecified atom stereocenters. The highest BCUT2D eigenvalue weighted by Crippen LogP contribution is 2.40. The molecule has 11 heteroatoms. The van der Waals surface area contributed by atoms with Crippen LogP contribution in [0.1, 0.15) is 58.3 Å². The molecule has 0 radical (unpaired) electrons. The first-order chi connectivity index (χ1) is 21.6. The number of hydrazine groups is 2. The smallest absolute Gasteiger partial charge is 0.339 e. The number of nitrogens with zero attached hydrogens (tertiary/aromatic N) is 5. The molecule has 2 aliphatic rings. The van der Waals surface area contributed by atoms with E-state index in [0.717, 1.165) is 43.3 Å². The zero-order valence-corrected chi connectivity index (χ0v) is 24.9. The maximum atomic E-state index is 14.8. The average molecular weight is 600 g/mol. The van der Waals surface area contributed by atoms with Gasteiger partial charge in [-0.2, -0.15) is 10.1 Å². The Balaban J connectivity index is 1.39. The third-order valence-corrected chi connectivity index (χ3v) is 8.39. The highest BCUT2D eigenvalue weighted by atomic mass is 19.1. The molecule has 2 atom stereocenters. The van der Waals surface area contributed by atoms with Crippen molar-refractivity contribution in [3.63, 3.8) is 0 Å². The monoisotopic (exact) mass is 599 g/mol. The number of hydroxylamine groups is 2. The number of fused-ring (bicyclic) bond motifs is 1. The molecule has 0 amide bonds. The van der Waals surface area contributed by atoms with Gasteiger partial charge in [0.05, 0.1) is 22.8 Å². The minimum absolute atomic E-state index is 0.179. The molecule has 1 fully saturated rings. The van der Waals surface area contributed by atoms with Gasteiger partial charge in [-0.1, -0.05) is 75.8 Å². The Morgan fingerprint density at radius 1 is 0.977 bits per heavy atom. The molecular weight excluding hydrogens is 561 g/mol. The van der Waals surface area contributed by atoms with Crippen molar-refractivity contribution in [2.45, 2.75) is 69.9 Å². The predicted octanol–water partition coefficient (Wildman–Crippen LogP) is 5.90. The van der Waals surface area contributed by atoms with E-state index < -0.39 is 11.5 Å². The van der Waals surface area contributed by atoms with Crippen molar-refractivity contribution >= 4 is 23.3 Å². The van der Waals surface area contributed by atoms with Gasteiger partial charge < -0.3 is 9.57 Å². The molecule has 3 aromatic carbocycles. The van der Waals surface area contributed by atoms with Gasteiger partial charge in [0.1, 0.15) is 17.9 Å². The third kappa shape index (κ3) is 5.97. The second-order valence-corrected chi connectivity index (χ2v) is 11.2. The minimum Gasteiger partial charge on any atom is -0.405 e.